The lowest BCUT2D eigenvalue weighted by molar-refractivity contribution is -0.126. The van der Waals surface area contributed by atoms with Gasteiger partial charge >= 0.3 is 0 Å². The fraction of sp³-hybridized carbons (Fsp3) is 0.526. The third-order valence-corrected chi connectivity index (χ3v) is 5.33. The number of hydrogen-bond acceptors (Lipinski definition) is 7. The number of rotatable bonds is 6. The molecule has 3 N–H and O–H groups in total. The van der Waals surface area contributed by atoms with Crippen LogP contribution in [0.3, 0.4) is 0 Å². The third-order valence-electron chi connectivity index (χ3n) is 5.33. The normalized spacial score (nSPS) is 20.0. The van der Waals surface area contributed by atoms with Crippen LogP contribution < -0.4 is 20.7 Å². The summed E-state index contributed by atoms with van der Waals surface area (Å²) in [4.78, 5) is 32.5. The van der Waals surface area contributed by atoms with Gasteiger partial charge in [-0.2, -0.15) is 0 Å². The van der Waals surface area contributed by atoms with Crippen molar-refractivity contribution in [3.8, 4) is 5.75 Å². The Labute approximate surface area is 164 Å². The van der Waals surface area contributed by atoms with Gasteiger partial charge in [0.15, 0.2) is 0 Å². The topological polar surface area (TPSA) is 98.3 Å². The average Bonchev–Trinajstić information content (AvgIpc) is 3.08. The third kappa shape index (κ3) is 3.95. The quantitative estimate of drug-likeness (QED) is 0.605. The van der Waals surface area contributed by atoms with Crippen molar-refractivity contribution in [1.29, 1.82) is 0 Å². The van der Waals surface area contributed by atoms with Gasteiger partial charge in [0.1, 0.15) is 12.3 Å². The van der Waals surface area contributed by atoms with E-state index >= 15 is 0 Å². The summed E-state index contributed by atoms with van der Waals surface area (Å²) < 4.78 is 5.95. The van der Waals surface area contributed by atoms with Crippen LogP contribution in [0.2, 0.25) is 0 Å². The van der Waals surface area contributed by atoms with Crippen molar-refractivity contribution in [2.24, 2.45) is 4.99 Å². The molecule has 2 saturated heterocycles. The van der Waals surface area contributed by atoms with Crippen LogP contribution in [0.4, 0.5) is 5.69 Å². The summed E-state index contributed by atoms with van der Waals surface area (Å²) in [6.45, 7) is 4.94. The van der Waals surface area contributed by atoms with E-state index in [1.807, 2.05) is 23.1 Å². The van der Waals surface area contributed by atoms with Crippen LogP contribution >= 0.6 is 0 Å². The molecule has 1 aromatic carbocycles. The molecule has 0 aromatic heterocycles. The van der Waals surface area contributed by atoms with Crippen LogP contribution in [0.1, 0.15) is 12.0 Å². The summed E-state index contributed by atoms with van der Waals surface area (Å²) in [6, 6.07) is 5.58. The summed E-state index contributed by atoms with van der Waals surface area (Å²) in [5.41, 5.74) is 1.88. The zero-order valence-corrected chi connectivity index (χ0v) is 16.0. The van der Waals surface area contributed by atoms with E-state index in [9.17, 15) is 9.59 Å². The van der Waals surface area contributed by atoms with Crippen molar-refractivity contribution in [1.82, 2.24) is 25.8 Å². The molecule has 3 aliphatic heterocycles. The molecular weight excluding hydrogens is 360 g/mol. The molecule has 150 valence electrons. The summed E-state index contributed by atoms with van der Waals surface area (Å²) in [7, 11) is 1.68. The van der Waals surface area contributed by atoms with Crippen molar-refractivity contribution in [3.05, 3.63) is 23.8 Å². The molecule has 1 aromatic rings. The molecular formula is C19H26N6O3. The van der Waals surface area contributed by atoms with Gasteiger partial charge in [0.2, 0.25) is 17.8 Å². The summed E-state index contributed by atoms with van der Waals surface area (Å²) in [6.07, 6.45) is 0.629. The van der Waals surface area contributed by atoms with E-state index in [-0.39, 0.29) is 17.9 Å². The standard InChI is InChI=1S/C19H26N6O3/c1-20-18(27)16(24-7-5-21-6-8-24)4-9-28-14-2-3-15-13(10-14)11-25-12-17(26)23-19(25)22-15/h2-3,10,16,21H,4-9,11-12H2,1H3,(H,20,27)(H,22,23,26). The van der Waals surface area contributed by atoms with E-state index < -0.39 is 0 Å². The molecule has 1 atom stereocenters. The predicted molar refractivity (Wildman–Crippen MR) is 104 cm³/mol. The molecule has 0 aliphatic carbocycles. The number of hydrogen-bond donors (Lipinski definition) is 3. The molecule has 0 spiro atoms. The lowest BCUT2D eigenvalue weighted by atomic mass is 10.1. The Morgan fingerprint density at radius 1 is 1.32 bits per heavy atom. The van der Waals surface area contributed by atoms with Crippen LogP contribution in [0, 0.1) is 0 Å². The Balaban J connectivity index is 1.37. The molecule has 0 saturated carbocycles. The molecule has 3 heterocycles. The van der Waals surface area contributed by atoms with Gasteiger partial charge in [-0.25, -0.2) is 4.99 Å². The first-order valence-electron chi connectivity index (χ1n) is 9.69. The number of amides is 2. The second kappa shape index (κ2) is 8.15. The maximum absolute atomic E-state index is 12.3. The fourth-order valence-electron chi connectivity index (χ4n) is 3.86. The minimum absolute atomic E-state index is 0.0313. The zero-order valence-electron chi connectivity index (χ0n) is 16.0. The molecule has 9 heteroatoms. The minimum Gasteiger partial charge on any atom is -0.494 e. The first-order valence-corrected chi connectivity index (χ1v) is 9.69. The molecule has 28 heavy (non-hydrogen) atoms. The second-order valence-corrected chi connectivity index (χ2v) is 7.18. The van der Waals surface area contributed by atoms with Gasteiger partial charge in [-0.3, -0.25) is 19.8 Å². The Morgan fingerprint density at radius 3 is 2.93 bits per heavy atom. The largest absolute Gasteiger partial charge is 0.494 e. The second-order valence-electron chi connectivity index (χ2n) is 7.18. The number of nitrogens with zero attached hydrogens (tertiary/aromatic N) is 3. The van der Waals surface area contributed by atoms with Gasteiger partial charge < -0.3 is 20.3 Å². The van der Waals surface area contributed by atoms with Crippen LogP contribution in [0.15, 0.2) is 23.2 Å². The first kappa shape index (κ1) is 18.7. The fourth-order valence-corrected chi connectivity index (χ4v) is 3.86. The van der Waals surface area contributed by atoms with Crippen LogP contribution in [-0.4, -0.2) is 80.0 Å². The molecule has 4 rings (SSSR count). The van der Waals surface area contributed by atoms with E-state index in [4.69, 9.17) is 4.74 Å². The van der Waals surface area contributed by atoms with Gasteiger partial charge in [0.05, 0.1) is 18.3 Å². The minimum atomic E-state index is -0.182. The number of benzene rings is 1. The highest BCUT2D eigenvalue weighted by molar-refractivity contribution is 6.05. The van der Waals surface area contributed by atoms with E-state index in [0.717, 1.165) is 43.2 Å². The molecule has 2 amide bonds. The van der Waals surface area contributed by atoms with Gasteiger partial charge in [-0.1, -0.05) is 0 Å². The van der Waals surface area contributed by atoms with Crippen molar-refractivity contribution < 1.29 is 14.3 Å². The Bertz CT molecular complexity index is 790. The zero-order chi connectivity index (χ0) is 19.5. The lowest BCUT2D eigenvalue weighted by Gasteiger charge is -2.33. The number of ether oxygens (including phenoxy) is 1. The van der Waals surface area contributed by atoms with Crippen LogP contribution in [0.25, 0.3) is 0 Å². The number of likely N-dealkylation sites (N-methyl/N-ethyl adjacent to an activating group) is 1. The number of piperazine rings is 1. The monoisotopic (exact) mass is 386 g/mol. The van der Waals surface area contributed by atoms with E-state index in [1.165, 1.54) is 0 Å². The predicted octanol–water partition coefficient (Wildman–Crippen LogP) is -0.592. The first-order chi connectivity index (χ1) is 13.6. The highest BCUT2D eigenvalue weighted by Crippen LogP contribution is 2.30. The van der Waals surface area contributed by atoms with Crippen LogP contribution in [-0.2, 0) is 16.1 Å². The van der Waals surface area contributed by atoms with Gasteiger partial charge in [0.25, 0.3) is 0 Å². The smallest absolute Gasteiger partial charge is 0.246 e. The molecule has 0 radical (unpaired) electrons. The molecule has 0 bridgehead atoms. The maximum Gasteiger partial charge on any atom is 0.246 e. The Kier molecular flexibility index (Phi) is 5.45. The summed E-state index contributed by atoms with van der Waals surface area (Å²) in [5, 5.41) is 8.84. The number of carbonyl (C=O) groups is 2. The molecule has 2 fully saturated rings. The average molecular weight is 386 g/mol. The number of fused-ring (bicyclic) bond motifs is 2. The van der Waals surface area contributed by atoms with Crippen molar-refractivity contribution in [3.63, 3.8) is 0 Å². The van der Waals surface area contributed by atoms with Crippen molar-refractivity contribution in [2.75, 3.05) is 46.4 Å². The van der Waals surface area contributed by atoms with Crippen molar-refractivity contribution in [2.45, 2.75) is 19.0 Å². The molecule has 1 unspecified atom stereocenters. The highest BCUT2D eigenvalue weighted by atomic mass is 16.5. The van der Waals surface area contributed by atoms with Gasteiger partial charge in [0, 0.05) is 51.8 Å². The molecule has 3 aliphatic rings. The van der Waals surface area contributed by atoms with E-state index in [0.29, 0.717) is 32.1 Å². The lowest BCUT2D eigenvalue weighted by Crippen LogP contribution is -2.53. The van der Waals surface area contributed by atoms with E-state index in [2.05, 4.69) is 25.8 Å². The number of carbonyl (C=O) groups excluding carboxylic acids is 2. The molecule has 9 nitrogen and oxygen atoms in total. The Morgan fingerprint density at radius 2 is 2.14 bits per heavy atom. The number of nitrogens with one attached hydrogen (secondary N) is 3. The van der Waals surface area contributed by atoms with Crippen molar-refractivity contribution >= 4 is 23.5 Å². The SMILES string of the molecule is CNC(=O)C(CCOc1ccc2c(c1)CN1CC(=O)NC1=N2)N1CCNCC1. The Hall–Kier alpha value is -2.65. The van der Waals surface area contributed by atoms with Gasteiger partial charge in [-0.15, -0.1) is 0 Å². The van der Waals surface area contributed by atoms with Gasteiger partial charge in [-0.05, 0) is 18.2 Å². The van der Waals surface area contributed by atoms with Crippen LogP contribution in [0.5, 0.6) is 5.75 Å². The number of aliphatic imine (C=N–C) groups is 1. The summed E-state index contributed by atoms with van der Waals surface area (Å²) >= 11 is 0. The van der Waals surface area contributed by atoms with E-state index in [1.54, 1.807) is 7.05 Å². The maximum atomic E-state index is 12.3. The highest BCUT2D eigenvalue weighted by Gasteiger charge is 2.29. The number of guanidine groups is 1. The summed E-state index contributed by atoms with van der Waals surface area (Å²) in [5.74, 6) is 1.38.